The average Bonchev–Trinajstić information content (AvgIpc) is 2.72. The highest BCUT2D eigenvalue weighted by molar-refractivity contribution is 5.39. The van der Waals surface area contributed by atoms with Gasteiger partial charge in [-0.25, -0.2) is 4.39 Å². The summed E-state index contributed by atoms with van der Waals surface area (Å²) >= 11 is 0. The van der Waals surface area contributed by atoms with Crippen LogP contribution in [0.4, 0.5) is 4.39 Å². The normalized spacial score (nSPS) is 20.6. The summed E-state index contributed by atoms with van der Waals surface area (Å²) < 4.78 is 19.3. The van der Waals surface area contributed by atoms with Crippen LogP contribution < -0.4 is 10.1 Å². The maximum absolute atomic E-state index is 13.3. The fourth-order valence-electron chi connectivity index (χ4n) is 2.10. The maximum atomic E-state index is 13.3. The molecule has 1 fully saturated rings. The number of hydrogen-bond acceptors (Lipinski definition) is 2. The van der Waals surface area contributed by atoms with Crippen molar-refractivity contribution in [3.8, 4) is 5.75 Å². The van der Waals surface area contributed by atoms with Gasteiger partial charge in [-0.15, -0.1) is 0 Å². The minimum absolute atomic E-state index is 0. The maximum Gasteiger partial charge on any atom is 0.123 e. The Morgan fingerprint density at radius 2 is 2.18 bits per heavy atom. The second-order valence-electron chi connectivity index (χ2n) is 5.62. The summed E-state index contributed by atoms with van der Waals surface area (Å²) in [6, 6.07) is 4.79. The van der Waals surface area contributed by atoms with E-state index in [0.29, 0.717) is 0 Å². The van der Waals surface area contributed by atoms with Crippen LogP contribution in [0.2, 0.25) is 0 Å². The zero-order chi connectivity index (χ0) is 12.5. The molecule has 0 amide bonds. The summed E-state index contributed by atoms with van der Waals surface area (Å²) in [6.45, 7) is 8.09. The quantitative estimate of drug-likeness (QED) is 0.856. The number of halogens is 1. The van der Waals surface area contributed by atoms with Gasteiger partial charge in [0.15, 0.2) is 0 Å². The predicted octanol–water partition coefficient (Wildman–Crippen LogP) is 3.11. The van der Waals surface area contributed by atoms with E-state index in [2.05, 4.69) is 26.1 Å². The van der Waals surface area contributed by atoms with Crippen molar-refractivity contribution in [3.63, 3.8) is 0 Å². The van der Waals surface area contributed by atoms with E-state index in [1.54, 1.807) is 12.1 Å². The third-order valence-corrected chi connectivity index (χ3v) is 3.06. The number of hydrogen-bond donors (Lipinski definition) is 1. The van der Waals surface area contributed by atoms with Gasteiger partial charge in [-0.05, 0) is 36.6 Å². The topological polar surface area (TPSA) is 21.3 Å². The molecule has 2 nitrogen and oxygen atoms in total. The standard InChI is InChI=1S/C14H20FNO.H2/c1-14(2,3)12-8-10(15)4-5-13(12)17-11-6-7-16-9-11;/h4-5,8,11,16H,6-7,9H2,1-3H3;1H. The Labute approximate surface area is 104 Å². The fraction of sp³-hybridized carbons (Fsp3) is 0.571. The van der Waals surface area contributed by atoms with Gasteiger partial charge >= 0.3 is 0 Å². The number of nitrogens with one attached hydrogen (secondary N) is 1. The monoisotopic (exact) mass is 239 g/mol. The molecule has 17 heavy (non-hydrogen) atoms. The minimum Gasteiger partial charge on any atom is -0.489 e. The van der Waals surface area contributed by atoms with Gasteiger partial charge < -0.3 is 10.1 Å². The molecule has 3 heteroatoms. The summed E-state index contributed by atoms with van der Waals surface area (Å²) in [5.74, 6) is 0.611. The molecule has 0 saturated carbocycles. The molecule has 0 radical (unpaired) electrons. The van der Waals surface area contributed by atoms with E-state index in [0.717, 1.165) is 30.8 Å². The lowest BCUT2D eigenvalue weighted by atomic mass is 9.86. The van der Waals surface area contributed by atoms with Crippen LogP contribution in [-0.2, 0) is 5.41 Å². The zero-order valence-electron chi connectivity index (χ0n) is 10.7. The van der Waals surface area contributed by atoms with Gasteiger partial charge in [0, 0.05) is 13.5 Å². The average molecular weight is 239 g/mol. The Bertz CT molecular complexity index is 397. The van der Waals surface area contributed by atoms with Crippen LogP contribution in [0.5, 0.6) is 5.75 Å². The van der Waals surface area contributed by atoms with Gasteiger partial charge in [0.2, 0.25) is 0 Å². The van der Waals surface area contributed by atoms with Crippen LogP contribution in [0.25, 0.3) is 0 Å². The first-order chi connectivity index (χ1) is 7.97. The van der Waals surface area contributed by atoms with E-state index in [-0.39, 0.29) is 18.8 Å². The third kappa shape index (κ3) is 2.97. The first-order valence-corrected chi connectivity index (χ1v) is 6.14. The highest BCUT2D eigenvalue weighted by Gasteiger charge is 2.23. The number of rotatable bonds is 2. The molecule has 1 unspecified atom stereocenters. The highest BCUT2D eigenvalue weighted by atomic mass is 19.1. The Hall–Kier alpha value is -1.09. The molecule has 1 aliphatic heterocycles. The minimum atomic E-state index is -0.202. The fourth-order valence-corrected chi connectivity index (χ4v) is 2.10. The lowest BCUT2D eigenvalue weighted by molar-refractivity contribution is 0.217. The summed E-state index contributed by atoms with van der Waals surface area (Å²) in [7, 11) is 0. The molecular formula is C14H22FNO. The predicted molar refractivity (Wildman–Crippen MR) is 69.1 cm³/mol. The molecule has 1 N–H and O–H groups in total. The zero-order valence-corrected chi connectivity index (χ0v) is 10.7. The van der Waals surface area contributed by atoms with Crippen molar-refractivity contribution in [2.24, 2.45) is 0 Å². The van der Waals surface area contributed by atoms with Gasteiger partial charge in [-0.1, -0.05) is 20.8 Å². The lowest BCUT2D eigenvalue weighted by Crippen LogP contribution is -2.22. The van der Waals surface area contributed by atoms with Crippen molar-refractivity contribution in [2.45, 2.75) is 38.7 Å². The molecule has 0 aliphatic carbocycles. The largest absolute Gasteiger partial charge is 0.489 e. The number of ether oxygens (including phenoxy) is 1. The molecule has 1 aromatic carbocycles. The second kappa shape index (κ2) is 4.65. The van der Waals surface area contributed by atoms with Gasteiger partial charge in [-0.3, -0.25) is 0 Å². The van der Waals surface area contributed by atoms with Gasteiger partial charge in [0.1, 0.15) is 17.7 Å². The van der Waals surface area contributed by atoms with Crippen molar-refractivity contribution >= 4 is 0 Å². The van der Waals surface area contributed by atoms with E-state index < -0.39 is 0 Å². The first kappa shape index (κ1) is 12.4. The van der Waals surface area contributed by atoms with E-state index in [9.17, 15) is 4.39 Å². The Kier molecular flexibility index (Phi) is 3.38. The lowest BCUT2D eigenvalue weighted by Gasteiger charge is -2.24. The van der Waals surface area contributed by atoms with Crippen LogP contribution in [0, 0.1) is 5.82 Å². The molecule has 1 saturated heterocycles. The van der Waals surface area contributed by atoms with Crippen molar-refractivity contribution in [1.82, 2.24) is 5.32 Å². The third-order valence-electron chi connectivity index (χ3n) is 3.06. The Morgan fingerprint density at radius 1 is 1.41 bits per heavy atom. The Morgan fingerprint density at radius 3 is 2.76 bits per heavy atom. The van der Waals surface area contributed by atoms with E-state index in [1.165, 1.54) is 6.07 Å². The molecule has 0 bridgehead atoms. The molecular weight excluding hydrogens is 217 g/mol. The molecule has 1 aromatic rings. The highest BCUT2D eigenvalue weighted by Crippen LogP contribution is 2.32. The van der Waals surface area contributed by atoms with Gasteiger partial charge in [0.05, 0.1) is 0 Å². The first-order valence-electron chi connectivity index (χ1n) is 6.14. The van der Waals surface area contributed by atoms with Crippen LogP contribution in [0.1, 0.15) is 34.2 Å². The van der Waals surface area contributed by atoms with Crippen molar-refractivity contribution < 1.29 is 10.6 Å². The number of benzene rings is 1. The molecule has 96 valence electrons. The Balaban J connectivity index is 0.00000162. The molecule has 0 spiro atoms. The van der Waals surface area contributed by atoms with Crippen LogP contribution >= 0.6 is 0 Å². The van der Waals surface area contributed by atoms with E-state index >= 15 is 0 Å². The van der Waals surface area contributed by atoms with Crippen molar-refractivity contribution in [3.05, 3.63) is 29.6 Å². The van der Waals surface area contributed by atoms with Gasteiger partial charge in [-0.2, -0.15) is 0 Å². The van der Waals surface area contributed by atoms with Crippen LogP contribution in [0.3, 0.4) is 0 Å². The smallest absolute Gasteiger partial charge is 0.123 e. The summed E-state index contributed by atoms with van der Waals surface area (Å²) in [5, 5.41) is 3.26. The second-order valence-corrected chi connectivity index (χ2v) is 5.62. The summed E-state index contributed by atoms with van der Waals surface area (Å²) in [6.07, 6.45) is 1.22. The van der Waals surface area contributed by atoms with Crippen LogP contribution in [0.15, 0.2) is 18.2 Å². The summed E-state index contributed by atoms with van der Waals surface area (Å²) in [4.78, 5) is 0. The van der Waals surface area contributed by atoms with E-state index in [4.69, 9.17) is 4.74 Å². The summed E-state index contributed by atoms with van der Waals surface area (Å²) in [5.41, 5.74) is 0.827. The van der Waals surface area contributed by atoms with Crippen molar-refractivity contribution in [1.29, 1.82) is 0 Å². The molecule has 1 heterocycles. The molecule has 1 atom stereocenters. The molecule has 0 aromatic heterocycles. The van der Waals surface area contributed by atoms with E-state index in [1.807, 2.05) is 0 Å². The molecule has 2 rings (SSSR count). The molecule has 1 aliphatic rings. The van der Waals surface area contributed by atoms with Gasteiger partial charge in [0.25, 0.3) is 0 Å². The van der Waals surface area contributed by atoms with Crippen LogP contribution in [-0.4, -0.2) is 19.2 Å². The SMILES string of the molecule is CC(C)(C)c1cc(F)ccc1OC1CCNC1.[HH]. The van der Waals surface area contributed by atoms with Crippen molar-refractivity contribution in [2.75, 3.05) is 13.1 Å².